The van der Waals surface area contributed by atoms with Crippen molar-refractivity contribution in [2.75, 3.05) is 5.32 Å². The number of fused-ring (bicyclic) bond motifs is 1. The van der Waals surface area contributed by atoms with Gasteiger partial charge in [0.1, 0.15) is 0 Å². The monoisotopic (exact) mass is 333 g/mol. The van der Waals surface area contributed by atoms with E-state index >= 15 is 0 Å². The Morgan fingerprint density at radius 1 is 1.12 bits per heavy atom. The molecule has 4 nitrogen and oxygen atoms in total. The molecule has 0 radical (unpaired) electrons. The number of amides is 1. The lowest BCUT2D eigenvalue weighted by atomic mass is 10.1. The third-order valence-corrected chi connectivity index (χ3v) is 4.51. The second kappa shape index (κ2) is 6.29. The summed E-state index contributed by atoms with van der Waals surface area (Å²) in [4.78, 5) is 17.8. The number of nitrogens with one attached hydrogen (secondary N) is 1. The van der Waals surface area contributed by atoms with Gasteiger partial charge >= 0.3 is 0 Å². The molecule has 0 aliphatic carbocycles. The molecule has 0 saturated carbocycles. The second-order valence-electron chi connectivity index (χ2n) is 5.51. The van der Waals surface area contributed by atoms with E-state index in [0.717, 1.165) is 27.5 Å². The predicted octanol–water partition coefficient (Wildman–Crippen LogP) is 4.24. The zero-order valence-electron chi connectivity index (χ0n) is 12.8. The van der Waals surface area contributed by atoms with Crippen LogP contribution in [0.3, 0.4) is 0 Å². The maximum absolute atomic E-state index is 12.2. The van der Waals surface area contributed by atoms with Crippen molar-refractivity contribution in [3.05, 3.63) is 77.9 Å². The molecule has 4 rings (SSSR count). The van der Waals surface area contributed by atoms with Crippen molar-refractivity contribution in [3.63, 3.8) is 0 Å². The molecule has 1 N–H and O–H groups in total. The minimum atomic E-state index is -0.0239. The zero-order chi connectivity index (χ0) is 16.4. The van der Waals surface area contributed by atoms with E-state index in [1.165, 1.54) is 0 Å². The van der Waals surface area contributed by atoms with E-state index in [1.54, 1.807) is 11.3 Å². The number of carbonyl (C=O) groups is 1. The van der Waals surface area contributed by atoms with Gasteiger partial charge in [-0.15, -0.1) is 11.3 Å². The molecule has 0 fully saturated rings. The molecule has 2 aromatic heterocycles. The first kappa shape index (κ1) is 14.7. The average molecular weight is 333 g/mol. The number of thiazole rings is 1. The summed E-state index contributed by atoms with van der Waals surface area (Å²) in [5.74, 6) is -0.0239. The third-order valence-electron chi connectivity index (χ3n) is 3.74. The number of hydrogen-bond donors (Lipinski definition) is 1. The van der Waals surface area contributed by atoms with E-state index in [2.05, 4.69) is 10.3 Å². The minimum absolute atomic E-state index is 0.0239. The van der Waals surface area contributed by atoms with Gasteiger partial charge in [0.05, 0.1) is 12.1 Å². The molecule has 0 saturated heterocycles. The molecular formula is C19H15N3OS. The molecule has 2 aromatic carbocycles. The number of aromatic nitrogens is 2. The van der Waals surface area contributed by atoms with E-state index in [-0.39, 0.29) is 5.91 Å². The Morgan fingerprint density at radius 2 is 2.00 bits per heavy atom. The number of carbonyl (C=O) groups excluding carboxylic acids is 1. The highest BCUT2D eigenvalue weighted by Gasteiger charge is 2.08. The fraction of sp³-hybridized carbons (Fsp3) is 0.0526. The molecule has 2 heterocycles. The summed E-state index contributed by atoms with van der Waals surface area (Å²) in [5, 5.41) is 4.96. The lowest BCUT2D eigenvalue weighted by molar-refractivity contribution is -0.115. The van der Waals surface area contributed by atoms with Crippen molar-refractivity contribution in [2.45, 2.75) is 6.42 Å². The van der Waals surface area contributed by atoms with Crippen molar-refractivity contribution in [2.24, 2.45) is 0 Å². The molecule has 5 heteroatoms. The number of benzene rings is 2. The fourth-order valence-corrected chi connectivity index (χ4v) is 3.31. The summed E-state index contributed by atoms with van der Waals surface area (Å²) in [5.41, 5.74) is 3.68. The van der Waals surface area contributed by atoms with Crippen molar-refractivity contribution in [3.8, 4) is 11.3 Å². The van der Waals surface area contributed by atoms with Crippen LogP contribution in [-0.2, 0) is 11.2 Å². The predicted molar refractivity (Wildman–Crippen MR) is 97.3 cm³/mol. The molecule has 0 spiro atoms. The van der Waals surface area contributed by atoms with Crippen molar-refractivity contribution in [1.82, 2.24) is 9.38 Å². The maximum Gasteiger partial charge on any atom is 0.228 e. The van der Waals surface area contributed by atoms with Crippen LogP contribution in [0.25, 0.3) is 16.2 Å². The van der Waals surface area contributed by atoms with Crippen LogP contribution in [0, 0.1) is 0 Å². The molecule has 0 atom stereocenters. The third kappa shape index (κ3) is 3.07. The van der Waals surface area contributed by atoms with Crippen LogP contribution in [0.5, 0.6) is 0 Å². The van der Waals surface area contributed by atoms with E-state index in [0.29, 0.717) is 6.42 Å². The standard InChI is InChI=1S/C19H15N3OS/c23-18(11-14-5-2-1-3-6-14)20-16-8-4-7-15(12-16)17-13-22-9-10-24-19(22)21-17/h1-10,12-13H,11H2,(H,20,23). The largest absolute Gasteiger partial charge is 0.326 e. The Bertz CT molecular complexity index is 959. The summed E-state index contributed by atoms with van der Waals surface area (Å²) in [6.07, 6.45) is 4.35. The van der Waals surface area contributed by atoms with Crippen LogP contribution in [-0.4, -0.2) is 15.3 Å². The Kier molecular flexibility index (Phi) is 3.84. The highest BCUT2D eigenvalue weighted by molar-refractivity contribution is 7.15. The molecule has 24 heavy (non-hydrogen) atoms. The molecule has 118 valence electrons. The topological polar surface area (TPSA) is 46.4 Å². The number of hydrogen-bond acceptors (Lipinski definition) is 3. The maximum atomic E-state index is 12.2. The molecule has 0 unspecified atom stereocenters. The van der Waals surface area contributed by atoms with Crippen LogP contribution < -0.4 is 5.32 Å². The Hall–Kier alpha value is -2.92. The smallest absolute Gasteiger partial charge is 0.228 e. The van der Waals surface area contributed by atoms with Gasteiger partial charge in [-0.05, 0) is 17.7 Å². The molecule has 4 aromatic rings. The average Bonchev–Trinajstić information content (AvgIpc) is 3.17. The first-order valence-corrected chi connectivity index (χ1v) is 8.52. The number of rotatable bonds is 4. The van der Waals surface area contributed by atoms with E-state index in [4.69, 9.17) is 0 Å². The summed E-state index contributed by atoms with van der Waals surface area (Å²) >= 11 is 1.60. The molecule has 1 amide bonds. The number of anilines is 1. The highest BCUT2D eigenvalue weighted by Crippen LogP contribution is 2.24. The summed E-state index contributed by atoms with van der Waals surface area (Å²) in [7, 11) is 0. The summed E-state index contributed by atoms with van der Waals surface area (Å²) in [6, 6.07) is 17.5. The second-order valence-corrected chi connectivity index (χ2v) is 6.38. The molecule has 0 aliphatic rings. The van der Waals surface area contributed by atoms with Crippen LogP contribution in [0.2, 0.25) is 0 Å². The van der Waals surface area contributed by atoms with Gasteiger partial charge in [0.25, 0.3) is 0 Å². The van der Waals surface area contributed by atoms with Gasteiger partial charge in [0.15, 0.2) is 4.96 Å². The summed E-state index contributed by atoms with van der Waals surface area (Å²) in [6.45, 7) is 0. The Labute approximate surface area is 143 Å². The molecule has 0 aliphatic heterocycles. The highest BCUT2D eigenvalue weighted by atomic mass is 32.1. The first-order chi connectivity index (χ1) is 11.8. The van der Waals surface area contributed by atoms with Crippen molar-refractivity contribution >= 4 is 27.9 Å². The zero-order valence-corrected chi connectivity index (χ0v) is 13.7. The lowest BCUT2D eigenvalue weighted by Crippen LogP contribution is -2.14. The van der Waals surface area contributed by atoms with E-state index < -0.39 is 0 Å². The van der Waals surface area contributed by atoms with Crippen LogP contribution in [0.4, 0.5) is 5.69 Å². The molecular weight excluding hydrogens is 318 g/mol. The first-order valence-electron chi connectivity index (χ1n) is 7.64. The van der Waals surface area contributed by atoms with Gasteiger partial charge in [-0.2, -0.15) is 0 Å². The SMILES string of the molecule is O=C(Cc1ccccc1)Nc1cccc(-c2cn3ccsc3n2)c1. The number of imidazole rings is 1. The van der Waals surface area contributed by atoms with Gasteiger partial charge in [0, 0.05) is 29.0 Å². The van der Waals surface area contributed by atoms with Gasteiger partial charge in [0.2, 0.25) is 5.91 Å². The van der Waals surface area contributed by atoms with Crippen LogP contribution >= 0.6 is 11.3 Å². The number of nitrogens with zero attached hydrogens (tertiary/aromatic N) is 2. The van der Waals surface area contributed by atoms with Crippen LogP contribution in [0.1, 0.15) is 5.56 Å². The lowest BCUT2D eigenvalue weighted by Gasteiger charge is -2.06. The summed E-state index contributed by atoms with van der Waals surface area (Å²) < 4.78 is 2.00. The van der Waals surface area contributed by atoms with Gasteiger partial charge in [-0.25, -0.2) is 4.98 Å². The Balaban J connectivity index is 1.52. The van der Waals surface area contributed by atoms with E-state index in [1.807, 2.05) is 76.8 Å². The fourth-order valence-electron chi connectivity index (χ4n) is 2.61. The van der Waals surface area contributed by atoms with Gasteiger partial charge < -0.3 is 5.32 Å². The normalized spacial score (nSPS) is 10.8. The van der Waals surface area contributed by atoms with Crippen LogP contribution in [0.15, 0.2) is 72.4 Å². The van der Waals surface area contributed by atoms with Gasteiger partial charge in [-0.3, -0.25) is 9.20 Å². The quantitative estimate of drug-likeness (QED) is 0.607. The minimum Gasteiger partial charge on any atom is -0.326 e. The van der Waals surface area contributed by atoms with Crippen molar-refractivity contribution in [1.29, 1.82) is 0 Å². The Morgan fingerprint density at radius 3 is 2.83 bits per heavy atom. The van der Waals surface area contributed by atoms with Gasteiger partial charge in [-0.1, -0.05) is 42.5 Å². The molecule has 0 bridgehead atoms. The van der Waals surface area contributed by atoms with Crippen molar-refractivity contribution < 1.29 is 4.79 Å². The van der Waals surface area contributed by atoms with E-state index in [9.17, 15) is 4.79 Å².